The fraction of sp³-hybridized carbons (Fsp3) is 0.400. The maximum absolute atomic E-state index is 12.4. The topological polar surface area (TPSA) is 43.4 Å². The van der Waals surface area contributed by atoms with Crippen molar-refractivity contribution in [2.45, 2.75) is 50.3 Å². The molecule has 2 aromatic rings. The van der Waals surface area contributed by atoms with Crippen LogP contribution < -0.4 is 0 Å². The van der Waals surface area contributed by atoms with Gasteiger partial charge >= 0.3 is 0 Å². The normalized spacial score (nSPS) is 13.0. The zero-order valence-corrected chi connectivity index (χ0v) is 17.7. The van der Waals surface area contributed by atoms with Crippen LogP contribution in [0, 0.1) is 0 Å². The van der Waals surface area contributed by atoms with Crippen molar-refractivity contribution < 1.29 is 12.6 Å². The first-order valence-corrected chi connectivity index (χ1v) is 10.4. The number of benzene rings is 2. The minimum atomic E-state index is -3.77. The van der Waals surface area contributed by atoms with E-state index in [4.69, 9.17) is 4.18 Å². The molecule has 0 aromatic heterocycles. The molecule has 0 bridgehead atoms. The summed E-state index contributed by atoms with van der Waals surface area (Å²) in [5.74, 6) is 0. The molecule has 0 saturated heterocycles. The Morgan fingerprint density at radius 3 is 1.80 bits per heavy atom. The van der Waals surface area contributed by atoms with Gasteiger partial charge < -0.3 is 0 Å². The van der Waals surface area contributed by atoms with Gasteiger partial charge in [-0.15, -0.1) is 0 Å². The summed E-state index contributed by atoms with van der Waals surface area (Å²) in [6, 6.07) is 14.7. The lowest BCUT2D eigenvalue weighted by atomic mass is 9.82. The number of hydrogen-bond acceptors (Lipinski definition) is 3. The Labute approximate surface area is 159 Å². The van der Waals surface area contributed by atoms with E-state index in [-0.39, 0.29) is 16.9 Å². The molecule has 136 valence electrons. The molecule has 25 heavy (non-hydrogen) atoms. The van der Waals surface area contributed by atoms with Gasteiger partial charge in [-0.3, -0.25) is 4.18 Å². The first-order valence-electron chi connectivity index (χ1n) is 8.18. The van der Waals surface area contributed by atoms with E-state index >= 15 is 0 Å². The molecule has 0 heterocycles. The average molecular weight is 425 g/mol. The van der Waals surface area contributed by atoms with Gasteiger partial charge in [-0.1, -0.05) is 74.8 Å². The summed E-state index contributed by atoms with van der Waals surface area (Å²) >= 11 is 3.30. The van der Waals surface area contributed by atoms with Crippen molar-refractivity contribution >= 4 is 26.0 Å². The van der Waals surface area contributed by atoms with Crippen molar-refractivity contribution in [3.8, 4) is 0 Å². The molecule has 0 amide bonds. The third kappa shape index (κ3) is 5.16. The molecule has 0 fully saturated rings. The smallest absolute Gasteiger partial charge is 0.265 e. The monoisotopic (exact) mass is 424 g/mol. The van der Waals surface area contributed by atoms with Gasteiger partial charge in [-0.2, -0.15) is 8.42 Å². The van der Waals surface area contributed by atoms with E-state index in [1.807, 2.05) is 13.8 Å². The van der Waals surface area contributed by atoms with Crippen molar-refractivity contribution in [1.29, 1.82) is 0 Å². The predicted molar refractivity (Wildman–Crippen MR) is 105 cm³/mol. The molecule has 0 aliphatic rings. The Morgan fingerprint density at radius 2 is 1.32 bits per heavy atom. The molecule has 2 aromatic carbocycles. The molecule has 0 spiro atoms. The van der Waals surface area contributed by atoms with Crippen LogP contribution in [0.2, 0.25) is 0 Å². The second-order valence-corrected chi connectivity index (χ2v) is 10.4. The summed E-state index contributed by atoms with van der Waals surface area (Å²) in [6.45, 7) is 10.6. The third-order valence-electron chi connectivity index (χ3n) is 4.21. The summed E-state index contributed by atoms with van der Waals surface area (Å²) in [6.07, 6.45) is 0. The highest BCUT2D eigenvalue weighted by Crippen LogP contribution is 2.29. The Bertz CT molecular complexity index is 815. The molecular formula is C20H25BrO3S. The highest BCUT2D eigenvalue weighted by atomic mass is 79.9. The zero-order chi connectivity index (χ0) is 18.9. The fourth-order valence-corrected chi connectivity index (χ4v) is 3.72. The van der Waals surface area contributed by atoms with Gasteiger partial charge in [-0.25, -0.2) is 0 Å². The van der Waals surface area contributed by atoms with E-state index in [9.17, 15) is 8.42 Å². The van der Waals surface area contributed by atoms with Crippen LogP contribution in [0.25, 0.3) is 0 Å². The molecule has 0 N–H and O–H groups in total. The second kappa shape index (κ2) is 7.22. The largest absolute Gasteiger partial charge is 0.297 e. The van der Waals surface area contributed by atoms with Crippen LogP contribution in [0.3, 0.4) is 0 Å². The first-order chi connectivity index (χ1) is 11.4. The SMILES string of the molecule is CC(C)(C)c1ccc(C(C)(C)COS(=O)(=O)c2ccc(Br)cc2)cc1. The van der Waals surface area contributed by atoms with Crippen LogP contribution in [0.5, 0.6) is 0 Å². The van der Waals surface area contributed by atoms with Crippen molar-refractivity contribution in [2.75, 3.05) is 6.61 Å². The van der Waals surface area contributed by atoms with E-state index in [1.54, 1.807) is 12.1 Å². The van der Waals surface area contributed by atoms with Gasteiger partial charge in [0.2, 0.25) is 0 Å². The van der Waals surface area contributed by atoms with Crippen LogP contribution in [-0.4, -0.2) is 15.0 Å². The molecular weight excluding hydrogens is 400 g/mol. The summed E-state index contributed by atoms with van der Waals surface area (Å²) in [5.41, 5.74) is 1.96. The Morgan fingerprint density at radius 1 is 0.840 bits per heavy atom. The molecule has 3 nitrogen and oxygen atoms in total. The van der Waals surface area contributed by atoms with E-state index in [1.165, 1.54) is 17.7 Å². The van der Waals surface area contributed by atoms with Gasteiger partial charge in [0.25, 0.3) is 10.1 Å². The summed E-state index contributed by atoms with van der Waals surface area (Å²) in [5, 5.41) is 0. The lowest BCUT2D eigenvalue weighted by Crippen LogP contribution is -2.26. The van der Waals surface area contributed by atoms with Gasteiger partial charge in [0.1, 0.15) is 0 Å². The molecule has 0 unspecified atom stereocenters. The van der Waals surface area contributed by atoms with Crippen LogP contribution >= 0.6 is 15.9 Å². The summed E-state index contributed by atoms with van der Waals surface area (Å²) < 4.78 is 30.9. The van der Waals surface area contributed by atoms with E-state index in [2.05, 4.69) is 61.0 Å². The average Bonchev–Trinajstić information content (AvgIpc) is 2.53. The number of hydrogen-bond donors (Lipinski definition) is 0. The lowest BCUT2D eigenvalue weighted by molar-refractivity contribution is 0.246. The molecule has 0 aliphatic carbocycles. The standard InChI is InChI=1S/C20H25BrO3S/c1-19(2,3)15-6-8-16(9-7-15)20(4,5)14-24-25(22,23)18-12-10-17(21)11-13-18/h6-13H,14H2,1-5H3. The van der Waals surface area contributed by atoms with Crippen LogP contribution in [0.4, 0.5) is 0 Å². The quantitative estimate of drug-likeness (QED) is 0.600. The maximum atomic E-state index is 12.4. The molecule has 0 atom stereocenters. The van der Waals surface area contributed by atoms with Crippen molar-refractivity contribution in [2.24, 2.45) is 0 Å². The summed E-state index contributed by atoms with van der Waals surface area (Å²) in [7, 11) is -3.77. The van der Waals surface area contributed by atoms with Gasteiger partial charge in [0, 0.05) is 9.89 Å². The molecule has 0 aliphatic heterocycles. The Hall–Kier alpha value is -1.17. The van der Waals surface area contributed by atoms with E-state index < -0.39 is 15.5 Å². The van der Waals surface area contributed by atoms with Crippen LogP contribution in [0.15, 0.2) is 57.9 Å². The Balaban J connectivity index is 2.14. The lowest BCUT2D eigenvalue weighted by Gasteiger charge is -2.26. The number of halogens is 1. The third-order valence-corrected chi connectivity index (χ3v) is 6.02. The number of rotatable bonds is 5. The molecule has 2 rings (SSSR count). The maximum Gasteiger partial charge on any atom is 0.297 e. The Kier molecular flexibility index (Phi) is 5.81. The predicted octanol–water partition coefficient (Wildman–Crippen LogP) is 5.43. The highest BCUT2D eigenvalue weighted by molar-refractivity contribution is 9.10. The van der Waals surface area contributed by atoms with Gasteiger partial charge in [0.15, 0.2) is 0 Å². The van der Waals surface area contributed by atoms with Crippen LogP contribution in [0.1, 0.15) is 45.7 Å². The highest BCUT2D eigenvalue weighted by Gasteiger charge is 2.26. The fourth-order valence-electron chi connectivity index (χ4n) is 2.40. The molecule has 0 radical (unpaired) electrons. The second-order valence-electron chi connectivity index (χ2n) is 7.88. The minimum absolute atomic E-state index is 0.0836. The van der Waals surface area contributed by atoms with Gasteiger partial charge in [0.05, 0.1) is 11.5 Å². The van der Waals surface area contributed by atoms with Gasteiger partial charge in [-0.05, 0) is 40.8 Å². The van der Waals surface area contributed by atoms with Crippen molar-refractivity contribution in [3.05, 3.63) is 64.1 Å². The van der Waals surface area contributed by atoms with Crippen molar-refractivity contribution in [1.82, 2.24) is 0 Å². The van der Waals surface area contributed by atoms with E-state index in [0.29, 0.717) is 0 Å². The minimum Gasteiger partial charge on any atom is -0.265 e. The zero-order valence-electron chi connectivity index (χ0n) is 15.3. The molecule has 0 saturated carbocycles. The van der Waals surface area contributed by atoms with E-state index in [0.717, 1.165) is 10.0 Å². The van der Waals surface area contributed by atoms with Crippen molar-refractivity contribution in [3.63, 3.8) is 0 Å². The van der Waals surface area contributed by atoms with Crippen LogP contribution in [-0.2, 0) is 25.1 Å². The summed E-state index contributed by atoms with van der Waals surface area (Å²) in [4.78, 5) is 0.162. The first kappa shape index (κ1) is 20.1. The molecule has 5 heteroatoms.